The van der Waals surface area contributed by atoms with Crippen molar-refractivity contribution >= 4 is 22.1 Å². The zero-order valence-corrected chi connectivity index (χ0v) is 17.7. The molecule has 0 atom stereocenters. The van der Waals surface area contributed by atoms with Gasteiger partial charge in [0.25, 0.3) is 0 Å². The molecule has 0 heterocycles. The molecule has 0 spiro atoms. The smallest absolute Gasteiger partial charge is 0.336 e. The summed E-state index contributed by atoms with van der Waals surface area (Å²) in [7, 11) is -0.579. The van der Waals surface area contributed by atoms with E-state index in [1.807, 2.05) is 0 Å². The molecule has 0 saturated heterocycles. The number of nitrogens with zero attached hydrogens (tertiary/aromatic N) is 1. The van der Waals surface area contributed by atoms with Crippen LogP contribution in [0.25, 0.3) is 6.08 Å². The fourth-order valence-electron chi connectivity index (χ4n) is 2.68. The van der Waals surface area contributed by atoms with Gasteiger partial charge in [-0.1, -0.05) is 32.0 Å². The second kappa shape index (κ2) is 10.1. The van der Waals surface area contributed by atoms with E-state index in [4.69, 9.17) is 14.2 Å². The Kier molecular flexibility index (Phi) is 7.81. The highest BCUT2D eigenvalue weighted by molar-refractivity contribution is 7.89. The summed E-state index contributed by atoms with van der Waals surface area (Å²) in [6.45, 7) is 4.39. The minimum Gasteiger partial charge on any atom is -0.493 e. The molecule has 0 unspecified atom stereocenters. The highest BCUT2D eigenvalue weighted by Crippen LogP contribution is 2.36. The average Bonchev–Trinajstić information content (AvgIpc) is 2.73. The van der Waals surface area contributed by atoms with Crippen molar-refractivity contribution < 1.29 is 27.4 Å². The van der Waals surface area contributed by atoms with Gasteiger partial charge in [0, 0.05) is 19.2 Å². The number of esters is 1. The Bertz CT molecular complexity index is 941. The number of methoxy groups -OCH3 is 2. The van der Waals surface area contributed by atoms with Crippen LogP contribution in [0.1, 0.15) is 19.4 Å². The predicted molar refractivity (Wildman–Crippen MR) is 111 cm³/mol. The van der Waals surface area contributed by atoms with Gasteiger partial charge in [-0.15, -0.1) is 0 Å². The number of sulfonamides is 1. The maximum atomic E-state index is 12.5. The Morgan fingerprint density at radius 3 is 2.00 bits per heavy atom. The summed E-state index contributed by atoms with van der Waals surface area (Å²) in [4.78, 5) is 12.4. The van der Waals surface area contributed by atoms with Crippen molar-refractivity contribution in [1.82, 2.24) is 4.31 Å². The van der Waals surface area contributed by atoms with Crippen LogP contribution in [0.5, 0.6) is 17.2 Å². The van der Waals surface area contributed by atoms with Gasteiger partial charge in [-0.05, 0) is 35.9 Å². The molecule has 0 fully saturated rings. The second-order valence-corrected chi connectivity index (χ2v) is 7.84. The number of hydrogen-bond acceptors (Lipinski definition) is 6. The van der Waals surface area contributed by atoms with Crippen LogP contribution in [0.2, 0.25) is 0 Å². The van der Waals surface area contributed by atoms with E-state index in [-0.39, 0.29) is 10.6 Å². The number of ether oxygens (including phenoxy) is 3. The lowest BCUT2D eigenvalue weighted by atomic mass is 10.2. The van der Waals surface area contributed by atoms with E-state index in [1.54, 1.807) is 44.2 Å². The van der Waals surface area contributed by atoms with Gasteiger partial charge < -0.3 is 14.2 Å². The average molecular weight is 419 g/mol. The molecule has 2 rings (SSSR count). The molecule has 2 aromatic carbocycles. The summed E-state index contributed by atoms with van der Waals surface area (Å²) in [5.74, 6) is 0.314. The van der Waals surface area contributed by atoms with Crippen molar-refractivity contribution in [1.29, 1.82) is 0 Å². The highest BCUT2D eigenvalue weighted by Gasteiger charge is 2.21. The third kappa shape index (κ3) is 5.36. The lowest BCUT2D eigenvalue weighted by molar-refractivity contribution is -0.129. The van der Waals surface area contributed by atoms with Crippen molar-refractivity contribution in [3.05, 3.63) is 54.1 Å². The summed E-state index contributed by atoms with van der Waals surface area (Å²) in [6.07, 6.45) is 2.79. The van der Waals surface area contributed by atoms with E-state index >= 15 is 0 Å². The molecule has 0 radical (unpaired) electrons. The Morgan fingerprint density at radius 1 is 0.966 bits per heavy atom. The van der Waals surface area contributed by atoms with Crippen LogP contribution in [-0.2, 0) is 14.8 Å². The minimum absolute atomic E-state index is 0.188. The maximum Gasteiger partial charge on any atom is 0.336 e. The van der Waals surface area contributed by atoms with Crippen LogP contribution in [0, 0.1) is 0 Å². The molecule has 0 amide bonds. The van der Waals surface area contributed by atoms with Crippen molar-refractivity contribution in [2.45, 2.75) is 18.7 Å². The number of hydrogen-bond donors (Lipinski definition) is 0. The molecule has 0 aliphatic carbocycles. The van der Waals surface area contributed by atoms with Crippen LogP contribution in [0.15, 0.2) is 53.4 Å². The van der Waals surface area contributed by atoms with Gasteiger partial charge in [0.15, 0.2) is 11.5 Å². The molecule has 7 nitrogen and oxygen atoms in total. The molecule has 0 aliphatic rings. The van der Waals surface area contributed by atoms with Gasteiger partial charge in [-0.2, -0.15) is 4.31 Å². The van der Waals surface area contributed by atoms with E-state index in [9.17, 15) is 13.2 Å². The maximum absolute atomic E-state index is 12.5. The lowest BCUT2D eigenvalue weighted by Gasteiger charge is -2.18. The quantitative estimate of drug-likeness (QED) is 0.352. The van der Waals surface area contributed by atoms with Crippen LogP contribution in [0.4, 0.5) is 0 Å². The number of benzene rings is 2. The molecular weight excluding hydrogens is 394 g/mol. The monoisotopic (exact) mass is 419 g/mol. The molecule has 156 valence electrons. The molecule has 0 N–H and O–H groups in total. The van der Waals surface area contributed by atoms with Crippen LogP contribution in [0.3, 0.4) is 0 Å². The fraction of sp³-hybridized carbons (Fsp3) is 0.286. The predicted octanol–water partition coefficient (Wildman–Crippen LogP) is 3.35. The molecule has 8 heteroatoms. The standard InChI is InChI=1S/C21H25NO6S/c1-5-22(6-2)29(24,25)17-13-10-16(11-14-17)12-15-20(23)28-21-18(26-3)8-7-9-19(21)27-4/h7-15H,5-6H2,1-4H3/b15-12+. The van der Waals surface area contributed by atoms with Crippen molar-refractivity contribution in [2.24, 2.45) is 0 Å². The first-order valence-corrected chi connectivity index (χ1v) is 10.5. The first-order chi connectivity index (χ1) is 13.9. The molecule has 2 aromatic rings. The summed E-state index contributed by atoms with van der Waals surface area (Å²) >= 11 is 0. The summed E-state index contributed by atoms with van der Waals surface area (Å²) < 4.78 is 42.1. The van der Waals surface area contributed by atoms with Gasteiger partial charge in [-0.25, -0.2) is 13.2 Å². The van der Waals surface area contributed by atoms with E-state index in [0.717, 1.165) is 0 Å². The zero-order chi connectivity index (χ0) is 21.4. The number of carbonyl (C=O) groups is 1. The third-order valence-electron chi connectivity index (χ3n) is 4.22. The molecule has 0 bridgehead atoms. The SMILES string of the molecule is CCN(CC)S(=O)(=O)c1ccc(/C=C/C(=O)Oc2c(OC)cccc2OC)cc1. The Hall–Kier alpha value is -2.84. The van der Waals surface area contributed by atoms with Gasteiger partial charge >= 0.3 is 5.97 Å². The van der Waals surface area contributed by atoms with Gasteiger partial charge in [-0.3, -0.25) is 0 Å². The van der Waals surface area contributed by atoms with Crippen molar-refractivity contribution in [3.63, 3.8) is 0 Å². The van der Waals surface area contributed by atoms with E-state index < -0.39 is 16.0 Å². The molecular formula is C21H25NO6S. The molecule has 0 aromatic heterocycles. The zero-order valence-electron chi connectivity index (χ0n) is 16.9. The minimum atomic E-state index is -3.52. The normalized spacial score (nSPS) is 11.6. The fourth-order valence-corrected chi connectivity index (χ4v) is 4.14. The van der Waals surface area contributed by atoms with Gasteiger partial charge in [0.1, 0.15) is 0 Å². The van der Waals surface area contributed by atoms with Crippen molar-refractivity contribution in [2.75, 3.05) is 27.3 Å². The molecule has 0 aliphatic heterocycles. The number of para-hydroxylation sites is 1. The van der Waals surface area contributed by atoms with E-state index in [0.29, 0.717) is 30.2 Å². The van der Waals surface area contributed by atoms with Gasteiger partial charge in [0.05, 0.1) is 19.1 Å². The topological polar surface area (TPSA) is 82.1 Å². The largest absolute Gasteiger partial charge is 0.493 e. The van der Waals surface area contributed by atoms with Crippen LogP contribution in [-0.4, -0.2) is 46.0 Å². The molecule has 0 saturated carbocycles. The van der Waals surface area contributed by atoms with Crippen LogP contribution < -0.4 is 14.2 Å². The lowest BCUT2D eigenvalue weighted by Crippen LogP contribution is -2.30. The first-order valence-electron chi connectivity index (χ1n) is 9.08. The first kappa shape index (κ1) is 22.4. The Balaban J connectivity index is 2.14. The van der Waals surface area contributed by atoms with Crippen LogP contribution >= 0.6 is 0 Å². The van der Waals surface area contributed by atoms with Crippen molar-refractivity contribution in [3.8, 4) is 17.2 Å². The van der Waals surface area contributed by atoms with Gasteiger partial charge in [0.2, 0.25) is 15.8 Å². The van der Waals surface area contributed by atoms with E-state index in [1.165, 1.54) is 42.8 Å². The summed E-state index contributed by atoms with van der Waals surface area (Å²) in [6, 6.07) is 11.3. The number of rotatable bonds is 9. The number of carbonyl (C=O) groups excluding carboxylic acids is 1. The second-order valence-electron chi connectivity index (χ2n) is 5.90. The molecule has 29 heavy (non-hydrogen) atoms. The summed E-state index contributed by atoms with van der Waals surface area (Å²) in [5, 5.41) is 0. The highest BCUT2D eigenvalue weighted by atomic mass is 32.2. The summed E-state index contributed by atoms with van der Waals surface area (Å²) in [5.41, 5.74) is 0.660. The van der Waals surface area contributed by atoms with E-state index in [2.05, 4.69) is 0 Å². The Morgan fingerprint density at radius 2 is 1.52 bits per heavy atom. The third-order valence-corrected chi connectivity index (χ3v) is 6.28. The Labute approximate surface area is 171 Å².